The zero-order valence-corrected chi connectivity index (χ0v) is 23.9. The van der Waals surface area contributed by atoms with Gasteiger partial charge in [0.25, 0.3) is 5.56 Å². The van der Waals surface area contributed by atoms with Crippen LogP contribution < -0.4 is 11.3 Å². The van der Waals surface area contributed by atoms with Crippen molar-refractivity contribution >= 4 is 44.1 Å². The van der Waals surface area contributed by atoms with E-state index in [9.17, 15) is 39.0 Å². The van der Waals surface area contributed by atoms with E-state index in [1.807, 2.05) is 0 Å². The molecule has 2 saturated heterocycles. The number of hydrogen-bond acceptors (Lipinski definition) is 17. The van der Waals surface area contributed by atoms with Crippen LogP contribution in [0.15, 0.2) is 30.0 Å². The molecule has 6 rings (SSSR count). The Balaban J connectivity index is 1.22. The molecule has 24 heteroatoms. The zero-order valence-electron chi connectivity index (χ0n) is 22.0. The van der Waals surface area contributed by atoms with Crippen LogP contribution in [-0.4, -0.2) is 114 Å². The second kappa shape index (κ2) is 11.9. The summed E-state index contributed by atoms with van der Waals surface area (Å²) in [5.41, 5.74) is 5.59. The lowest BCUT2D eigenvalue weighted by molar-refractivity contribution is -0.0608. The summed E-state index contributed by atoms with van der Waals surface area (Å²) in [5.74, 6) is 0.0410. The maximum Gasteiger partial charge on any atom is 0.472 e. The van der Waals surface area contributed by atoms with Crippen LogP contribution in [0.1, 0.15) is 12.5 Å². The lowest BCUT2D eigenvalue weighted by Gasteiger charge is -2.25. The molecule has 2 unspecified atom stereocenters. The Kier molecular flexibility index (Phi) is 8.34. The second-order valence-corrected chi connectivity index (χ2v) is 11.8. The molecule has 0 bridgehead atoms. The fraction of sp³-hybridized carbons (Fsp3) is 0.500. The summed E-state index contributed by atoms with van der Waals surface area (Å²) in [4.78, 5) is 48.0. The minimum atomic E-state index is -5.13. The third kappa shape index (κ3) is 5.55. The summed E-state index contributed by atoms with van der Waals surface area (Å²) in [6, 6.07) is 0. The van der Waals surface area contributed by atoms with Crippen molar-refractivity contribution in [2.24, 2.45) is 0 Å². The number of aliphatic hydroxyl groups excluding tert-OH is 3. The van der Waals surface area contributed by atoms with Gasteiger partial charge in [-0.3, -0.25) is 27.5 Å². The predicted molar refractivity (Wildman–Crippen MR) is 142 cm³/mol. The normalized spacial score (nSPS) is 31.1. The van der Waals surface area contributed by atoms with Gasteiger partial charge in [-0.1, -0.05) is 0 Å². The first-order valence-electron chi connectivity index (χ1n) is 12.7. The van der Waals surface area contributed by atoms with E-state index in [1.54, 1.807) is 0 Å². The van der Waals surface area contributed by atoms with E-state index in [4.69, 9.17) is 28.8 Å². The highest BCUT2D eigenvalue weighted by Crippen LogP contribution is 2.50. The summed E-state index contributed by atoms with van der Waals surface area (Å²) in [6.45, 7) is -1.52. The second-order valence-electron chi connectivity index (χ2n) is 9.64. The Hall–Kier alpha value is -3.24. The zero-order chi connectivity index (χ0) is 31.3. The van der Waals surface area contributed by atoms with E-state index in [2.05, 4.69) is 30.1 Å². The minimum Gasteiger partial charge on any atom is -0.394 e. The smallest absolute Gasteiger partial charge is 0.394 e. The fourth-order valence-electron chi connectivity index (χ4n) is 5.04. The van der Waals surface area contributed by atoms with Crippen LogP contribution in [0.5, 0.6) is 0 Å². The van der Waals surface area contributed by atoms with Gasteiger partial charge in [0.1, 0.15) is 48.5 Å². The maximum atomic E-state index is 13.1. The maximum absolute atomic E-state index is 13.1. The molecule has 8 N–H and O–H groups in total. The van der Waals surface area contributed by atoms with Crippen LogP contribution in [0, 0.1) is 0 Å². The molecule has 0 radical (unpaired) electrons. The highest BCUT2D eigenvalue weighted by molar-refractivity contribution is 7.47. The molecule has 238 valence electrons. The molecule has 0 aromatic carbocycles. The Morgan fingerprint density at radius 1 is 1.05 bits per heavy atom. The summed E-state index contributed by atoms with van der Waals surface area (Å²) in [5, 5.41) is 37.2. The first-order chi connectivity index (χ1) is 21.0. The third-order valence-corrected chi connectivity index (χ3v) is 8.49. The summed E-state index contributed by atoms with van der Waals surface area (Å²) < 4.78 is 53.9. The number of phosphoric ester groups is 1. The van der Waals surface area contributed by atoms with Gasteiger partial charge in [-0.15, -0.1) is 0 Å². The molecule has 2 fully saturated rings. The Labute approximate surface area is 244 Å². The molecule has 2 aliphatic rings. The fourth-order valence-corrected chi connectivity index (χ4v) is 6.50. The molecular formula is C20H25N9O13P2. The number of nitrogens with zero attached hydrogens (tertiary/aromatic N) is 7. The number of ether oxygens (including phenoxy) is 2. The van der Waals surface area contributed by atoms with Crippen LogP contribution in [0.4, 0.5) is 5.82 Å². The largest absolute Gasteiger partial charge is 0.472 e. The molecule has 0 amide bonds. The number of H-pyrrole nitrogens is 1. The van der Waals surface area contributed by atoms with E-state index in [0.717, 1.165) is 12.7 Å². The van der Waals surface area contributed by atoms with Crippen LogP contribution in [0.3, 0.4) is 0 Å². The van der Waals surface area contributed by atoms with Crippen molar-refractivity contribution in [3.8, 4) is 0 Å². The van der Waals surface area contributed by atoms with Crippen molar-refractivity contribution in [3.05, 3.63) is 35.5 Å². The first kappa shape index (κ1) is 30.8. The van der Waals surface area contributed by atoms with E-state index in [1.165, 1.54) is 21.7 Å². The molecule has 44 heavy (non-hydrogen) atoms. The number of imidazole rings is 2. The number of aromatic amines is 1. The number of hydrogen-bond donors (Lipinski definition) is 7. The lowest BCUT2D eigenvalue weighted by Crippen LogP contribution is -2.36. The molecule has 10 atom stereocenters. The number of nitrogen functional groups attached to an aromatic ring is 1. The third-order valence-electron chi connectivity index (χ3n) is 7.03. The molecular weight excluding hydrogens is 636 g/mol. The van der Waals surface area contributed by atoms with Gasteiger partial charge in [-0.25, -0.2) is 29.6 Å². The number of aliphatic hydroxyl groups is 3. The first-order valence-corrected chi connectivity index (χ1v) is 15.4. The van der Waals surface area contributed by atoms with E-state index in [0.29, 0.717) is 0 Å². The van der Waals surface area contributed by atoms with E-state index in [-0.39, 0.29) is 28.0 Å². The van der Waals surface area contributed by atoms with Crippen molar-refractivity contribution in [2.75, 3.05) is 18.9 Å². The quantitative estimate of drug-likeness (QED) is 0.0851. The highest BCUT2D eigenvalue weighted by atomic mass is 31.2. The standard InChI is InChI=1S/C20H25N9O13P2/c21-16-11-17(23-4-22-16)29(6-25-11)19-13(32)14(41-43(34)35)9(40-19)3-38-44(36,37)42-15-12(31)8(2-30)39-20(15)28-5-24-10-7(28)1-26-27-18(10)33/h1,4-6,8-9,12-15,19-20,30-32,43H,2-3H2,(H,27,33)(H,34,35)(H,36,37)(H2,21,22,23)/t8-,9-,12-,13-,14-,15-,19-,20-/m1/s1. The Morgan fingerprint density at radius 3 is 2.52 bits per heavy atom. The number of fused-ring (bicyclic) bond motifs is 2. The Morgan fingerprint density at radius 2 is 1.77 bits per heavy atom. The van der Waals surface area contributed by atoms with Crippen LogP contribution in [0.25, 0.3) is 22.2 Å². The molecule has 2 aliphatic heterocycles. The van der Waals surface area contributed by atoms with Gasteiger partial charge in [-0.2, -0.15) is 5.10 Å². The molecule has 22 nitrogen and oxygen atoms in total. The average molecular weight is 661 g/mol. The van der Waals surface area contributed by atoms with Crippen LogP contribution >= 0.6 is 16.1 Å². The van der Waals surface area contributed by atoms with Gasteiger partial charge in [0.05, 0.1) is 37.6 Å². The van der Waals surface area contributed by atoms with Crippen LogP contribution in [-0.2, 0) is 32.2 Å². The van der Waals surface area contributed by atoms with Gasteiger partial charge < -0.3 is 44.8 Å². The molecule has 6 heterocycles. The van der Waals surface area contributed by atoms with Crippen molar-refractivity contribution in [1.29, 1.82) is 0 Å². The van der Waals surface area contributed by atoms with E-state index < -0.39 is 83.9 Å². The summed E-state index contributed by atoms with van der Waals surface area (Å²) in [6.07, 6.45) is -7.09. The van der Waals surface area contributed by atoms with Crippen LogP contribution in [0.2, 0.25) is 0 Å². The van der Waals surface area contributed by atoms with Crippen molar-refractivity contribution < 1.29 is 57.3 Å². The summed E-state index contributed by atoms with van der Waals surface area (Å²) >= 11 is 0. The van der Waals surface area contributed by atoms with Gasteiger partial charge in [-0.05, 0) is 0 Å². The van der Waals surface area contributed by atoms with Crippen molar-refractivity contribution in [1.82, 2.24) is 39.3 Å². The van der Waals surface area contributed by atoms with Gasteiger partial charge >= 0.3 is 16.1 Å². The van der Waals surface area contributed by atoms with Gasteiger partial charge in [0.15, 0.2) is 29.4 Å². The van der Waals surface area contributed by atoms with Crippen molar-refractivity contribution in [3.63, 3.8) is 0 Å². The lowest BCUT2D eigenvalue weighted by atomic mass is 10.1. The molecule has 0 aliphatic carbocycles. The molecule has 0 saturated carbocycles. The highest BCUT2D eigenvalue weighted by Gasteiger charge is 2.51. The average Bonchev–Trinajstić information content (AvgIpc) is 3.74. The van der Waals surface area contributed by atoms with Gasteiger partial charge in [0, 0.05) is 0 Å². The molecule has 4 aromatic heterocycles. The summed E-state index contributed by atoms with van der Waals surface area (Å²) in [7, 11) is -8.78. The monoisotopic (exact) mass is 661 g/mol. The topological polar surface area (TPSA) is 315 Å². The Bertz CT molecular complexity index is 1800. The van der Waals surface area contributed by atoms with Crippen molar-refractivity contribution in [2.45, 2.75) is 49.1 Å². The SMILES string of the molecule is Nc1ncnc2c1ncn2[C@@H]1O[C@H](COP(=O)(O)O[C@@H]2[C@H](O)[C@@H](CO)O[C@H]2n2cnc3c(=O)[nH]ncc32)[C@@H](O[PH](=O)O)[C@H]1O. The number of nitrogens with two attached hydrogens (primary N) is 1. The predicted octanol–water partition coefficient (Wildman–Crippen LogP) is -2.68. The number of rotatable bonds is 10. The molecule has 4 aromatic rings. The van der Waals surface area contributed by atoms with Gasteiger partial charge in [0.2, 0.25) is 0 Å². The number of anilines is 1. The number of phosphoric acid groups is 1. The number of aromatic nitrogens is 8. The van der Waals surface area contributed by atoms with E-state index >= 15 is 0 Å². The minimum absolute atomic E-state index is 0.0410. The molecule has 0 spiro atoms. The number of nitrogens with one attached hydrogen (secondary N) is 1.